The van der Waals surface area contributed by atoms with Crippen LogP contribution in [0.2, 0.25) is 5.02 Å². The first-order chi connectivity index (χ1) is 14.5. The molecule has 3 aromatic carbocycles. The molecule has 7 heteroatoms. The number of rotatable bonds is 8. The topological polar surface area (TPSA) is 59.9 Å². The minimum Gasteiger partial charge on any atom is -0.488 e. The van der Waals surface area contributed by atoms with Gasteiger partial charge >= 0.3 is 0 Å². The quantitative estimate of drug-likeness (QED) is 0.390. The van der Waals surface area contributed by atoms with Gasteiger partial charge in [0.15, 0.2) is 6.61 Å². The summed E-state index contributed by atoms with van der Waals surface area (Å²) < 4.78 is 19.1. The molecule has 0 spiro atoms. The van der Waals surface area contributed by atoms with Crippen molar-refractivity contribution in [1.82, 2.24) is 0 Å². The molecule has 0 unspecified atom stereocenters. The maximum absolute atomic E-state index is 13.3. The number of carbonyl (C=O) groups excluding carboxylic acids is 1. The summed E-state index contributed by atoms with van der Waals surface area (Å²) in [5.74, 6) is -0.156. The van der Waals surface area contributed by atoms with Crippen LogP contribution in [-0.2, 0) is 16.2 Å². The zero-order chi connectivity index (χ0) is 21.3. The van der Waals surface area contributed by atoms with Crippen LogP contribution >= 0.6 is 11.6 Å². The molecule has 5 nitrogen and oxygen atoms in total. The predicted molar refractivity (Wildman–Crippen MR) is 116 cm³/mol. The van der Waals surface area contributed by atoms with E-state index in [4.69, 9.17) is 21.2 Å². The molecule has 0 heterocycles. The molecule has 0 radical (unpaired) electrons. The van der Waals surface area contributed by atoms with Gasteiger partial charge < -0.3 is 14.9 Å². The number of hydrogen-bond donors (Lipinski definition) is 1. The summed E-state index contributed by atoms with van der Waals surface area (Å²) in [6.45, 7) is 1.90. The number of ether oxygens (including phenoxy) is 1. The summed E-state index contributed by atoms with van der Waals surface area (Å²) in [5.41, 5.74) is 3.04. The van der Waals surface area contributed by atoms with Crippen molar-refractivity contribution < 1.29 is 18.8 Å². The minimum absolute atomic E-state index is 0.181. The van der Waals surface area contributed by atoms with Gasteiger partial charge in [-0.25, -0.2) is 4.39 Å². The van der Waals surface area contributed by atoms with Gasteiger partial charge in [0.2, 0.25) is 0 Å². The van der Waals surface area contributed by atoms with Crippen molar-refractivity contribution in [2.75, 3.05) is 11.9 Å². The van der Waals surface area contributed by atoms with Crippen LogP contribution in [0.25, 0.3) is 0 Å². The third-order valence-electron chi connectivity index (χ3n) is 4.05. The fourth-order valence-corrected chi connectivity index (χ4v) is 2.74. The van der Waals surface area contributed by atoms with Gasteiger partial charge in [-0.2, -0.15) is 0 Å². The summed E-state index contributed by atoms with van der Waals surface area (Å²) in [6.07, 6.45) is 1.41. The Labute approximate surface area is 179 Å². The van der Waals surface area contributed by atoms with Gasteiger partial charge in [-0.05, 0) is 55.0 Å². The normalized spacial score (nSPS) is 10.8. The van der Waals surface area contributed by atoms with Crippen LogP contribution in [0.3, 0.4) is 0 Å². The second-order valence-corrected chi connectivity index (χ2v) is 6.96. The van der Waals surface area contributed by atoms with Crippen molar-refractivity contribution in [3.05, 3.63) is 94.3 Å². The number of hydrogen-bond acceptors (Lipinski definition) is 4. The number of halogens is 2. The van der Waals surface area contributed by atoms with Crippen molar-refractivity contribution in [2.24, 2.45) is 5.16 Å². The fraction of sp³-hybridized carbons (Fsp3) is 0.130. The first-order valence-electron chi connectivity index (χ1n) is 9.18. The number of anilines is 1. The van der Waals surface area contributed by atoms with Crippen LogP contribution in [0, 0.1) is 12.7 Å². The highest BCUT2D eigenvalue weighted by Gasteiger charge is 2.06. The van der Waals surface area contributed by atoms with Crippen LogP contribution in [0.4, 0.5) is 10.1 Å². The Hall–Kier alpha value is -3.38. The zero-order valence-corrected chi connectivity index (χ0v) is 17.0. The first-order valence-corrected chi connectivity index (χ1v) is 9.56. The lowest BCUT2D eigenvalue weighted by Gasteiger charge is -2.10. The van der Waals surface area contributed by atoms with Gasteiger partial charge in [-0.1, -0.05) is 46.6 Å². The Morgan fingerprint density at radius 3 is 2.70 bits per heavy atom. The van der Waals surface area contributed by atoms with E-state index in [1.165, 1.54) is 18.3 Å². The maximum atomic E-state index is 13.3. The number of aryl methyl sites for hydroxylation is 1. The number of benzene rings is 3. The SMILES string of the molecule is Cc1ccc(NC(=O)CO/N=C/c2cc(Cl)ccc2OCc2cccc(F)c2)cc1. The monoisotopic (exact) mass is 426 g/mol. The Morgan fingerprint density at radius 2 is 1.93 bits per heavy atom. The highest BCUT2D eigenvalue weighted by molar-refractivity contribution is 6.30. The van der Waals surface area contributed by atoms with Gasteiger partial charge in [-0.3, -0.25) is 4.79 Å². The van der Waals surface area contributed by atoms with Gasteiger partial charge in [0.1, 0.15) is 18.2 Å². The van der Waals surface area contributed by atoms with Gasteiger partial charge in [0, 0.05) is 16.3 Å². The molecule has 0 aliphatic heterocycles. The van der Waals surface area contributed by atoms with Gasteiger partial charge in [-0.15, -0.1) is 0 Å². The predicted octanol–water partition coefficient (Wildman–Crippen LogP) is 5.36. The number of nitrogens with zero attached hydrogens (tertiary/aromatic N) is 1. The molecule has 3 aromatic rings. The summed E-state index contributed by atoms with van der Waals surface area (Å²) in [4.78, 5) is 17.0. The maximum Gasteiger partial charge on any atom is 0.265 e. The van der Waals surface area contributed by atoms with Crippen LogP contribution in [0.15, 0.2) is 71.9 Å². The van der Waals surface area contributed by atoms with Crippen LogP contribution in [0.1, 0.15) is 16.7 Å². The van der Waals surface area contributed by atoms with E-state index in [-0.39, 0.29) is 24.9 Å². The van der Waals surface area contributed by atoms with E-state index in [0.717, 1.165) is 5.56 Å². The number of carbonyl (C=O) groups is 1. The lowest BCUT2D eigenvalue weighted by molar-refractivity contribution is -0.120. The molecule has 1 N–H and O–H groups in total. The highest BCUT2D eigenvalue weighted by atomic mass is 35.5. The van der Waals surface area contributed by atoms with E-state index >= 15 is 0 Å². The smallest absolute Gasteiger partial charge is 0.265 e. The number of oxime groups is 1. The standard InChI is InChI=1S/C23H20ClFN2O3/c1-16-5-8-21(9-6-16)27-23(28)15-30-26-13-18-12-19(24)7-10-22(18)29-14-17-3-2-4-20(25)11-17/h2-13H,14-15H2,1H3,(H,27,28)/b26-13+. The largest absolute Gasteiger partial charge is 0.488 e. The Balaban J connectivity index is 1.55. The summed E-state index contributed by atoms with van der Waals surface area (Å²) in [5, 5.41) is 7.03. The van der Waals surface area contributed by atoms with Crippen molar-refractivity contribution in [3.63, 3.8) is 0 Å². The van der Waals surface area contributed by atoms with Crippen molar-refractivity contribution in [3.8, 4) is 5.75 Å². The Kier molecular flexibility index (Phi) is 7.40. The van der Waals surface area contributed by atoms with E-state index < -0.39 is 0 Å². The molecule has 0 aliphatic carbocycles. The molecule has 0 saturated heterocycles. The van der Waals surface area contributed by atoms with Crippen LogP contribution < -0.4 is 10.1 Å². The molecule has 3 rings (SSSR count). The van der Waals surface area contributed by atoms with Crippen LogP contribution in [-0.4, -0.2) is 18.7 Å². The first kappa shape index (κ1) is 21.3. The Bertz CT molecular complexity index is 1040. The lowest BCUT2D eigenvalue weighted by atomic mass is 10.2. The third kappa shape index (κ3) is 6.60. The molecule has 0 bridgehead atoms. The molecule has 0 aromatic heterocycles. The van der Waals surface area contributed by atoms with Crippen molar-refractivity contribution in [2.45, 2.75) is 13.5 Å². The molecule has 1 amide bonds. The van der Waals surface area contributed by atoms with Gasteiger partial charge in [0.05, 0.1) is 6.21 Å². The minimum atomic E-state index is -0.329. The van der Waals surface area contributed by atoms with E-state index in [1.807, 2.05) is 31.2 Å². The van der Waals surface area contributed by atoms with Crippen LogP contribution in [0.5, 0.6) is 5.75 Å². The molecule has 0 atom stereocenters. The lowest BCUT2D eigenvalue weighted by Crippen LogP contribution is -2.16. The second kappa shape index (κ2) is 10.4. The van der Waals surface area contributed by atoms with Crippen molar-refractivity contribution >= 4 is 29.4 Å². The van der Waals surface area contributed by atoms with E-state index in [9.17, 15) is 9.18 Å². The van der Waals surface area contributed by atoms with E-state index in [2.05, 4.69) is 10.5 Å². The summed E-state index contributed by atoms with van der Waals surface area (Å²) in [7, 11) is 0. The molecular formula is C23H20ClFN2O3. The second-order valence-electron chi connectivity index (χ2n) is 6.52. The fourth-order valence-electron chi connectivity index (χ4n) is 2.56. The number of amides is 1. The summed E-state index contributed by atoms with van der Waals surface area (Å²) >= 11 is 6.05. The van der Waals surface area contributed by atoms with E-state index in [0.29, 0.717) is 27.6 Å². The molecule has 0 fully saturated rings. The molecular weight excluding hydrogens is 407 g/mol. The summed E-state index contributed by atoms with van der Waals surface area (Å²) in [6, 6.07) is 18.6. The molecule has 154 valence electrons. The molecule has 30 heavy (non-hydrogen) atoms. The zero-order valence-electron chi connectivity index (χ0n) is 16.3. The van der Waals surface area contributed by atoms with Crippen molar-refractivity contribution in [1.29, 1.82) is 0 Å². The third-order valence-corrected chi connectivity index (χ3v) is 4.29. The Morgan fingerprint density at radius 1 is 1.13 bits per heavy atom. The van der Waals surface area contributed by atoms with Gasteiger partial charge in [0.25, 0.3) is 5.91 Å². The molecule has 0 aliphatic rings. The number of nitrogens with one attached hydrogen (secondary N) is 1. The average Bonchev–Trinajstić information content (AvgIpc) is 2.72. The van der Waals surface area contributed by atoms with E-state index in [1.54, 1.807) is 30.3 Å². The highest BCUT2D eigenvalue weighted by Crippen LogP contribution is 2.22. The average molecular weight is 427 g/mol. The molecule has 0 saturated carbocycles.